The van der Waals surface area contributed by atoms with Crippen LogP contribution in [0.2, 0.25) is 18.1 Å². The van der Waals surface area contributed by atoms with Crippen LogP contribution >= 0.6 is 0 Å². The fraction of sp³-hybridized carbons (Fsp3) is 0.444. The van der Waals surface area contributed by atoms with E-state index in [9.17, 15) is 19.8 Å². The van der Waals surface area contributed by atoms with Gasteiger partial charge in [-0.2, -0.15) is 0 Å². The maximum atomic E-state index is 14.5. The number of aliphatic hydroxyl groups is 1. The fourth-order valence-electron chi connectivity index (χ4n) is 7.84. The molecule has 0 amide bonds. The molecule has 2 heterocycles. The summed E-state index contributed by atoms with van der Waals surface area (Å²) in [4.78, 5) is 28.7. The highest BCUT2D eigenvalue weighted by atomic mass is 28.4. The fourth-order valence-corrected chi connectivity index (χ4v) is 10.8. The van der Waals surface area contributed by atoms with E-state index in [1.807, 2.05) is 20.8 Å². The minimum absolute atomic E-state index is 0.0178. The molecule has 3 N–H and O–H groups in total. The number of epoxide rings is 1. The monoisotopic (exact) mass is 625 g/mol. The van der Waals surface area contributed by atoms with Crippen molar-refractivity contribution in [2.45, 2.75) is 95.5 Å². The normalized spacial score (nSPS) is 26.8. The average Bonchev–Trinajstić information content (AvgIpc) is 3.77. The number of rotatable bonds is 8. The number of methoxy groups -OCH3 is 1. The van der Waals surface area contributed by atoms with Crippen molar-refractivity contribution in [1.82, 2.24) is 0 Å². The molecule has 9 heteroatoms. The van der Waals surface area contributed by atoms with Gasteiger partial charge in [0, 0.05) is 11.1 Å². The number of nitrogens with one attached hydrogen (secondary N) is 1. The van der Waals surface area contributed by atoms with Crippen LogP contribution in [0, 0.1) is 30.6 Å². The third-order valence-electron chi connectivity index (χ3n) is 10.4. The second-order valence-corrected chi connectivity index (χ2v) is 17.0. The van der Waals surface area contributed by atoms with Crippen molar-refractivity contribution in [1.29, 1.82) is 0 Å². The van der Waals surface area contributed by atoms with Crippen molar-refractivity contribution >= 4 is 25.6 Å². The number of aliphatic hydroxyl groups excluding tert-OH is 1. The SMILES string of the molecule is CCc1c(C)cc2c(c1OC)C(=O)c1c(O)cc3c(c1C2=O)N[C@H]1C#C/C=C\C#C[C@@H](O)[C@@]32O[C@@]12[C@@H](C)O[Si](CC)(CC)CC. The molecule has 6 rings (SSSR count). The van der Waals surface area contributed by atoms with Crippen molar-refractivity contribution in [3.8, 4) is 35.2 Å². The second-order valence-electron chi connectivity index (χ2n) is 12.2. The Labute approximate surface area is 265 Å². The number of carbonyl (C=O) groups excluding carboxylic acids is 2. The standard InChI is InChI=1S/C36H39NO7Si/c1-8-22-20(5)18-23-28(34(22)42-7)33(41)29-25(38)19-24-31(30(29)32(23)40)37-26-16-14-12-13-15-17-27(39)36(24)35(26,44-36)21(6)43-45(9-2,10-3)11-4/h12-13,18-19,21,26-27,37-39H,8-11H2,1-7H3/b13-12-/t21-,26+,27-,35+,36+/m1/s1. The minimum atomic E-state index is -2.17. The summed E-state index contributed by atoms with van der Waals surface area (Å²) in [6.07, 6.45) is 1.88. The quantitative estimate of drug-likeness (QED) is 0.136. The van der Waals surface area contributed by atoms with E-state index in [0.29, 0.717) is 17.7 Å². The maximum absolute atomic E-state index is 14.5. The number of phenols is 1. The molecular weight excluding hydrogens is 586 g/mol. The van der Waals surface area contributed by atoms with Gasteiger partial charge in [-0.25, -0.2) is 0 Å². The zero-order chi connectivity index (χ0) is 32.5. The van der Waals surface area contributed by atoms with Crippen molar-refractivity contribution < 1.29 is 33.7 Å². The molecular formula is C36H39NO7Si. The van der Waals surface area contributed by atoms with E-state index in [4.69, 9.17) is 13.9 Å². The van der Waals surface area contributed by atoms with E-state index in [1.54, 1.807) is 18.2 Å². The zero-order valence-corrected chi connectivity index (χ0v) is 27.8. The van der Waals surface area contributed by atoms with E-state index >= 15 is 0 Å². The van der Waals surface area contributed by atoms with Gasteiger partial charge in [0.2, 0.25) is 5.78 Å². The third-order valence-corrected chi connectivity index (χ3v) is 15.1. The van der Waals surface area contributed by atoms with E-state index < -0.39 is 49.3 Å². The number of hydrogen-bond donors (Lipinski definition) is 3. The lowest BCUT2D eigenvalue weighted by atomic mass is 9.69. The first-order chi connectivity index (χ1) is 21.5. The smallest absolute Gasteiger partial charge is 0.202 e. The number of fused-ring (bicyclic) bond motifs is 4. The lowest BCUT2D eigenvalue weighted by Gasteiger charge is -2.41. The predicted molar refractivity (Wildman–Crippen MR) is 173 cm³/mol. The van der Waals surface area contributed by atoms with Crippen LogP contribution in [0.15, 0.2) is 24.3 Å². The van der Waals surface area contributed by atoms with Crippen LogP contribution in [0.1, 0.15) is 83.2 Å². The number of allylic oxidation sites excluding steroid dienone is 2. The number of aromatic hydroxyl groups is 1. The summed E-state index contributed by atoms with van der Waals surface area (Å²) < 4.78 is 19.4. The van der Waals surface area contributed by atoms with Crippen molar-refractivity contribution in [2.75, 3.05) is 12.4 Å². The highest BCUT2D eigenvalue weighted by molar-refractivity contribution is 6.73. The van der Waals surface area contributed by atoms with Gasteiger partial charge >= 0.3 is 0 Å². The van der Waals surface area contributed by atoms with Crippen LogP contribution in [-0.2, 0) is 21.2 Å². The molecule has 234 valence electrons. The Hall–Kier alpha value is -3.86. The Balaban J connectivity index is 1.61. The molecule has 2 aliphatic carbocycles. The van der Waals surface area contributed by atoms with Gasteiger partial charge in [-0.05, 0) is 73.8 Å². The summed E-state index contributed by atoms with van der Waals surface area (Å²) in [5, 5.41) is 26.8. The Morgan fingerprint density at radius 2 is 1.69 bits per heavy atom. The van der Waals surface area contributed by atoms with Gasteiger partial charge in [-0.1, -0.05) is 51.4 Å². The van der Waals surface area contributed by atoms with E-state index in [1.165, 1.54) is 13.2 Å². The van der Waals surface area contributed by atoms with Crippen LogP contribution in [0.3, 0.4) is 0 Å². The number of anilines is 1. The Bertz CT molecular complexity index is 1800. The molecule has 45 heavy (non-hydrogen) atoms. The molecule has 1 fully saturated rings. The topological polar surface area (TPSA) is 118 Å². The number of phenolic OH excluding ortho intramolecular Hbond substituents is 1. The summed E-state index contributed by atoms with van der Waals surface area (Å²) >= 11 is 0. The van der Waals surface area contributed by atoms with E-state index in [2.05, 4.69) is 49.8 Å². The van der Waals surface area contributed by atoms with Gasteiger partial charge in [0.15, 0.2) is 31.4 Å². The lowest BCUT2D eigenvalue weighted by molar-refractivity contribution is 0.0964. The molecule has 0 unspecified atom stereocenters. The number of hydrogen-bond acceptors (Lipinski definition) is 8. The van der Waals surface area contributed by atoms with E-state index in [-0.39, 0.29) is 33.7 Å². The van der Waals surface area contributed by atoms with Gasteiger partial charge in [0.1, 0.15) is 17.5 Å². The summed E-state index contributed by atoms with van der Waals surface area (Å²) in [5.41, 5.74) is -0.171. The highest BCUT2D eigenvalue weighted by Crippen LogP contribution is 2.68. The molecule has 0 spiro atoms. The highest BCUT2D eigenvalue weighted by Gasteiger charge is 2.82. The summed E-state index contributed by atoms with van der Waals surface area (Å²) in [6, 6.07) is 5.12. The van der Waals surface area contributed by atoms with Gasteiger partial charge < -0.3 is 29.4 Å². The summed E-state index contributed by atoms with van der Waals surface area (Å²) in [6.45, 7) is 12.2. The number of aryl methyl sites for hydroxylation is 1. The molecule has 8 nitrogen and oxygen atoms in total. The van der Waals surface area contributed by atoms with Crippen LogP contribution in [0.25, 0.3) is 0 Å². The molecule has 2 aromatic carbocycles. The van der Waals surface area contributed by atoms with Gasteiger partial charge in [0.25, 0.3) is 0 Å². The molecule has 5 atom stereocenters. The van der Waals surface area contributed by atoms with Crippen LogP contribution in [0.5, 0.6) is 11.5 Å². The molecule has 0 saturated carbocycles. The van der Waals surface area contributed by atoms with Crippen molar-refractivity contribution in [2.24, 2.45) is 0 Å². The first-order valence-corrected chi connectivity index (χ1v) is 18.2. The number of ketones is 2. The average molecular weight is 626 g/mol. The third kappa shape index (κ3) is 4.04. The Morgan fingerprint density at radius 1 is 1.02 bits per heavy atom. The second kappa shape index (κ2) is 10.9. The summed E-state index contributed by atoms with van der Waals surface area (Å²) in [5.74, 6) is 11.0. The molecule has 4 aliphatic rings. The summed E-state index contributed by atoms with van der Waals surface area (Å²) in [7, 11) is -0.689. The number of carbonyl (C=O) groups is 2. The lowest BCUT2D eigenvalue weighted by Crippen LogP contribution is -2.57. The van der Waals surface area contributed by atoms with Crippen LogP contribution < -0.4 is 10.1 Å². The molecule has 0 radical (unpaired) electrons. The molecule has 2 bridgehead atoms. The first kappa shape index (κ1) is 31.1. The number of ether oxygens (including phenoxy) is 2. The van der Waals surface area contributed by atoms with Crippen LogP contribution in [-0.4, -0.2) is 61.1 Å². The van der Waals surface area contributed by atoms with Crippen molar-refractivity contribution in [3.05, 3.63) is 63.2 Å². The van der Waals surface area contributed by atoms with Gasteiger partial charge in [0.05, 0.1) is 35.6 Å². The minimum Gasteiger partial charge on any atom is -0.507 e. The largest absolute Gasteiger partial charge is 0.507 e. The Morgan fingerprint density at radius 3 is 2.31 bits per heavy atom. The predicted octanol–water partition coefficient (Wildman–Crippen LogP) is 5.15. The number of benzene rings is 2. The van der Waals surface area contributed by atoms with Gasteiger partial charge in [-0.15, -0.1) is 0 Å². The van der Waals surface area contributed by atoms with E-state index in [0.717, 1.165) is 29.3 Å². The van der Waals surface area contributed by atoms with Crippen molar-refractivity contribution in [3.63, 3.8) is 0 Å². The Kier molecular flexibility index (Phi) is 7.53. The zero-order valence-electron chi connectivity index (χ0n) is 26.8. The molecule has 2 aromatic rings. The maximum Gasteiger partial charge on any atom is 0.202 e. The molecule has 1 saturated heterocycles. The molecule has 2 aliphatic heterocycles. The van der Waals surface area contributed by atoms with Gasteiger partial charge in [-0.3, -0.25) is 9.59 Å². The van der Waals surface area contributed by atoms with Crippen LogP contribution in [0.4, 0.5) is 5.69 Å². The molecule has 0 aromatic heterocycles. The first-order valence-electron chi connectivity index (χ1n) is 15.7.